The van der Waals surface area contributed by atoms with Crippen LogP contribution in [0.1, 0.15) is 11.1 Å². The van der Waals surface area contributed by atoms with Gasteiger partial charge in [-0.05, 0) is 17.7 Å². The molecule has 2 aliphatic heterocycles. The molecule has 0 aliphatic carbocycles. The van der Waals surface area contributed by atoms with Gasteiger partial charge in [-0.2, -0.15) is 10.5 Å². The minimum Gasteiger partial charge on any atom is -0.486 e. The van der Waals surface area contributed by atoms with Crippen LogP contribution in [0.2, 0.25) is 0 Å². The van der Waals surface area contributed by atoms with Crippen LogP contribution in [-0.4, -0.2) is 48.9 Å². The Labute approximate surface area is 171 Å². The van der Waals surface area contributed by atoms with Crippen LogP contribution in [0.15, 0.2) is 29.3 Å². The molecule has 3 heterocycles. The number of aromatic nitrogens is 1. The molecule has 0 unspecified atom stereocenters. The van der Waals surface area contributed by atoms with E-state index in [9.17, 15) is 14.9 Å². The molecule has 9 heteroatoms. The van der Waals surface area contributed by atoms with Crippen molar-refractivity contribution in [2.75, 3.05) is 37.9 Å². The van der Waals surface area contributed by atoms with Crippen LogP contribution in [-0.2, 0) is 9.47 Å². The highest BCUT2D eigenvalue weighted by Crippen LogP contribution is 2.38. The van der Waals surface area contributed by atoms with Crippen LogP contribution < -0.4 is 10.5 Å². The van der Waals surface area contributed by atoms with E-state index >= 15 is 0 Å². The van der Waals surface area contributed by atoms with Crippen LogP contribution in [0.4, 0.5) is 10.2 Å². The standard InChI is InChI=1S/C20H17FN4O3S/c21-20(9-27-10-20)11-29-19-16(6-23)17(15(5-22)18(24)25-19)12-1-3-13(4-2-12)28-14-7-26-8-14/h1-4,14H,7-11H2,(H2,24,25). The number of nitrogen functional groups attached to an aromatic ring is 1. The number of rotatable bonds is 6. The van der Waals surface area contributed by atoms with Gasteiger partial charge in [-0.3, -0.25) is 0 Å². The van der Waals surface area contributed by atoms with Crippen molar-refractivity contribution in [1.82, 2.24) is 4.98 Å². The van der Waals surface area contributed by atoms with Gasteiger partial charge in [-0.25, -0.2) is 9.37 Å². The van der Waals surface area contributed by atoms with Gasteiger partial charge < -0.3 is 19.9 Å². The van der Waals surface area contributed by atoms with Gasteiger partial charge >= 0.3 is 0 Å². The van der Waals surface area contributed by atoms with Crippen LogP contribution in [0.25, 0.3) is 11.1 Å². The molecule has 148 valence electrons. The van der Waals surface area contributed by atoms with Crippen molar-refractivity contribution >= 4 is 17.6 Å². The second-order valence-corrected chi connectivity index (χ2v) is 7.85. The first-order valence-corrected chi connectivity index (χ1v) is 9.89. The number of nitriles is 2. The number of benzene rings is 1. The third kappa shape index (κ3) is 3.85. The summed E-state index contributed by atoms with van der Waals surface area (Å²) in [6, 6.07) is 11.2. The smallest absolute Gasteiger partial charge is 0.166 e. The van der Waals surface area contributed by atoms with Crippen molar-refractivity contribution in [3.05, 3.63) is 35.4 Å². The van der Waals surface area contributed by atoms with Gasteiger partial charge in [0.25, 0.3) is 0 Å². The molecule has 0 spiro atoms. The first-order chi connectivity index (χ1) is 14.0. The number of ether oxygens (including phenoxy) is 3. The summed E-state index contributed by atoms with van der Waals surface area (Å²) >= 11 is 1.10. The fourth-order valence-corrected chi connectivity index (χ4v) is 3.99. The van der Waals surface area contributed by atoms with E-state index in [1.807, 2.05) is 6.07 Å². The Morgan fingerprint density at radius 1 is 1.17 bits per heavy atom. The maximum atomic E-state index is 14.3. The van der Waals surface area contributed by atoms with E-state index in [2.05, 4.69) is 11.1 Å². The van der Waals surface area contributed by atoms with Gasteiger partial charge in [0.15, 0.2) is 5.67 Å². The lowest BCUT2D eigenvalue weighted by atomic mass is 9.97. The molecule has 2 aliphatic rings. The number of hydrogen-bond donors (Lipinski definition) is 1. The Balaban J connectivity index is 1.68. The molecular weight excluding hydrogens is 395 g/mol. The third-order valence-corrected chi connectivity index (χ3v) is 5.89. The van der Waals surface area contributed by atoms with Crippen LogP contribution >= 0.6 is 11.8 Å². The van der Waals surface area contributed by atoms with E-state index in [0.717, 1.165) is 11.8 Å². The summed E-state index contributed by atoms with van der Waals surface area (Å²) in [6.45, 7) is 1.16. The zero-order valence-corrected chi connectivity index (χ0v) is 16.2. The van der Waals surface area contributed by atoms with Crippen molar-refractivity contribution in [3.63, 3.8) is 0 Å². The molecule has 0 amide bonds. The molecule has 29 heavy (non-hydrogen) atoms. The Bertz CT molecular complexity index is 1010. The Morgan fingerprint density at radius 3 is 2.38 bits per heavy atom. The molecule has 7 nitrogen and oxygen atoms in total. The molecule has 0 atom stereocenters. The molecule has 2 fully saturated rings. The normalized spacial score (nSPS) is 17.5. The van der Waals surface area contributed by atoms with E-state index in [1.54, 1.807) is 24.3 Å². The maximum absolute atomic E-state index is 14.3. The maximum Gasteiger partial charge on any atom is 0.166 e. The molecule has 0 bridgehead atoms. The Hall–Kier alpha value is -2.85. The molecule has 2 N–H and O–H groups in total. The quantitative estimate of drug-likeness (QED) is 0.720. The van der Waals surface area contributed by atoms with Crippen molar-refractivity contribution in [2.45, 2.75) is 16.8 Å². The zero-order valence-electron chi connectivity index (χ0n) is 15.4. The van der Waals surface area contributed by atoms with E-state index in [4.69, 9.17) is 19.9 Å². The fourth-order valence-electron chi connectivity index (χ4n) is 2.97. The average molecular weight is 412 g/mol. The molecule has 1 aromatic heterocycles. The van der Waals surface area contributed by atoms with E-state index in [-0.39, 0.29) is 42.0 Å². The van der Waals surface area contributed by atoms with E-state index in [1.165, 1.54) is 0 Å². The van der Waals surface area contributed by atoms with Crippen LogP contribution in [0.5, 0.6) is 5.75 Å². The Kier molecular flexibility index (Phi) is 5.29. The molecule has 0 radical (unpaired) electrons. The number of hydrogen-bond acceptors (Lipinski definition) is 8. The summed E-state index contributed by atoms with van der Waals surface area (Å²) in [7, 11) is 0. The highest BCUT2D eigenvalue weighted by molar-refractivity contribution is 7.99. The minimum absolute atomic E-state index is 0.00807. The lowest BCUT2D eigenvalue weighted by Crippen LogP contribution is -2.47. The highest BCUT2D eigenvalue weighted by Gasteiger charge is 2.39. The predicted octanol–water partition coefficient (Wildman–Crippen LogP) is 2.68. The largest absolute Gasteiger partial charge is 0.486 e. The van der Waals surface area contributed by atoms with Gasteiger partial charge in [0, 0.05) is 11.3 Å². The first kappa shape index (κ1) is 19.5. The number of thioether (sulfide) groups is 1. The minimum atomic E-state index is -1.44. The summed E-state index contributed by atoms with van der Waals surface area (Å²) in [5, 5.41) is 19.7. The summed E-state index contributed by atoms with van der Waals surface area (Å²) in [5.74, 6) is 0.768. The van der Waals surface area contributed by atoms with Crippen LogP contribution in [0, 0.1) is 22.7 Å². The van der Waals surface area contributed by atoms with Gasteiger partial charge in [0.2, 0.25) is 0 Å². The molecular formula is C20H17FN4O3S. The number of anilines is 1. The Morgan fingerprint density at radius 2 is 1.86 bits per heavy atom. The van der Waals surface area contributed by atoms with Gasteiger partial charge in [0.05, 0.1) is 32.0 Å². The second kappa shape index (κ2) is 7.88. The lowest BCUT2D eigenvalue weighted by molar-refractivity contribution is -0.114. The highest BCUT2D eigenvalue weighted by atomic mass is 32.2. The SMILES string of the molecule is N#Cc1c(N)nc(SCC2(F)COC2)c(C#N)c1-c1ccc(OC2COC2)cc1. The molecule has 2 aromatic rings. The van der Waals surface area contributed by atoms with Crippen LogP contribution in [0.3, 0.4) is 0 Å². The van der Waals surface area contributed by atoms with Gasteiger partial charge in [-0.1, -0.05) is 12.1 Å². The number of pyridine rings is 1. The summed E-state index contributed by atoms with van der Waals surface area (Å²) < 4.78 is 30.1. The predicted molar refractivity (Wildman–Crippen MR) is 104 cm³/mol. The monoisotopic (exact) mass is 412 g/mol. The fraction of sp³-hybridized carbons (Fsp3) is 0.350. The number of alkyl halides is 1. The molecule has 4 rings (SSSR count). The molecule has 0 saturated carbocycles. The van der Waals surface area contributed by atoms with E-state index in [0.29, 0.717) is 35.1 Å². The zero-order chi connectivity index (χ0) is 20.4. The number of nitrogens with two attached hydrogens (primary N) is 1. The van der Waals surface area contributed by atoms with Crippen molar-refractivity contribution in [3.8, 4) is 29.0 Å². The van der Waals surface area contributed by atoms with Gasteiger partial charge in [0.1, 0.15) is 40.4 Å². The summed E-state index contributed by atoms with van der Waals surface area (Å²) in [5.41, 5.74) is 5.89. The summed E-state index contributed by atoms with van der Waals surface area (Å²) in [6.07, 6.45) is 0.0354. The first-order valence-electron chi connectivity index (χ1n) is 8.91. The third-order valence-electron chi connectivity index (χ3n) is 4.66. The average Bonchev–Trinajstić information content (AvgIpc) is 2.67. The van der Waals surface area contributed by atoms with Crippen molar-refractivity contribution in [2.24, 2.45) is 0 Å². The lowest BCUT2D eigenvalue weighted by Gasteiger charge is -2.33. The summed E-state index contributed by atoms with van der Waals surface area (Å²) in [4.78, 5) is 4.19. The topological polar surface area (TPSA) is 114 Å². The second-order valence-electron chi connectivity index (χ2n) is 6.88. The number of halogens is 1. The van der Waals surface area contributed by atoms with E-state index < -0.39 is 5.67 Å². The van der Waals surface area contributed by atoms with Crippen molar-refractivity contribution < 1.29 is 18.6 Å². The van der Waals surface area contributed by atoms with Crippen molar-refractivity contribution in [1.29, 1.82) is 10.5 Å². The number of nitrogens with zero attached hydrogens (tertiary/aromatic N) is 3. The molecule has 1 aromatic carbocycles. The molecule has 2 saturated heterocycles. The van der Waals surface area contributed by atoms with Gasteiger partial charge in [-0.15, -0.1) is 11.8 Å².